The zero-order valence-corrected chi connectivity index (χ0v) is 9.58. The number of anilines is 1. The van der Waals surface area contributed by atoms with Gasteiger partial charge in [-0.3, -0.25) is 0 Å². The van der Waals surface area contributed by atoms with Crippen molar-refractivity contribution in [3.05, 3.63) is 22.7 Å². The first kappa shape index (κ1) is 8.97. The zero-order chi connectivity index (χ0) is 9.26. The van der Waals surface area contributed by atoms with Crippen LogP contribution in [0.15, 0.2) is 22.7 Å². The summed E-state index contributed by atoms with van der Waals surface area (Å²) in [6, 6.07) is 6.07. The van der Waals surface area contributed by atoms with Crippen molar-refractivity contribution >= 4 is 42.6 Å². The second-order valence-electron chi connectivity index (χ2n) is 2.64. The van der Waals surface area contributed by atoms with Crippen LogP contribution in [0.1, 0.15) is 6.92 Å². The van der Waals surface area contributed by atoms with Crippen molar-refractivity contribution in [1.29, 1.82) is 0 Å². The normalized spacial score (nSPS) is 10.6. The number of halogens is 1. The molecule has 13 heavy (non-hydrogen) atoms. The third-order valence-electron chi connectivity index (χ3n) is 1.69. The van der Waals surface area contributed by atoms with E-state index in [2.05, 4.69) is 33.2 Å². The van der Waals surface area contributed by atoms with Gasteiger partial charge in [0.05, 0.1) is 10.2 Å². The highest BCUT2D eigenvalue weighted by atomic mass is 79.9. The average Bonchev–Trinajstić information content (AvgIpc) is 2.49. The molecule has 1 aromatic carbocycles. The molecule has 0 fully saturated rings. The van der Waals surface area contributed by atoms with E-state index in [0.29, 0.717) is 0 Å². The average molecular weight is 257 g/mol. The highest BCUT2D eigenvalue weighted by molar-refractivity contribution is 9.10. The van der Waals surface area contributed by atoms with Crippen molar-refractivity contribution in [3.63, 3.8) is 0 Å². The summed E-state index contributed by atoms with van der Waals surface area (Å²) in [5, 5.41) is 4.20. The van der Waals surface area contributed by atoms with Gasteiger partial charge in [0, 0.05) is 11.0 Å². The summed E-state index contributed by atoms with van der Waals surface area (Å²) in [6.07, 6.45) is 0. The topological polar surface area (TPSA) is 24.9 Å². The largest absolute Gasteiger partial charge is 0.362 e. The first-order chi connectivity index (χ1) is 6.31. The van der Waals surface area contributed by atoms with E-state index in [0.717, 1.165) is 21.7 Å². The molecule has 2 aromatic rings. The number of aromatic nitrogens is 1. The van der Waals surface area contributed by atoms with Gasteiger partial charge in [0.15, 0.2) is 5.13 Å². The third-order valence-corrected chi connectivity index (χ3v) is 3.68. The molecule has 0 amide bonds. The molecule has 1 aromatic heterocycles. The molecule has 2 nitrogen and oxygen atoms in total. The molecule has 0 aliphatic rings. The molecule has 1 heterocycles. The molecule has 0 saturated carbocycles. The lowest BCUT2D eigenvalue weighted by molar-refractivity contribution is 1.20. The van der Waals surface area contributed by atoms with Crippen LogP contribution < -0.4 is 5.32 Å². The van der Waals surface area contributed by atoms with Gasteiger partial charge in [-0.25, -0.2) is 4.98 Å². The fourth-order valence-electron chi connectivity index (χ4n) is 1.14. The SMILES string of the molecule is CCNc1nc2cccc(Br)c2s1. The van der Waals surface area contributed by atoms with E-state index in [-0.39, 0.29) is 0 Å². The Morgan fingerprint density at radius 3 is 3.08 bits per heavy atom. The number of benzene rings is 1. The smallest absolute Gasteiger partial charge is 0.183 e. The molecule has 68 valence electrons. The summed E-state index contributed by atoms with van der Waals surface area (Å²) >= 11 is 5.18. The fourth-order valence-corrected chi connectivity index (χ4v) is 2.68. The van der Waals surface area contributed by atoms with E-state index >= 15 is 0 Å². The van der Waals surface area contributed by atoms with Gasteiger partial charge in [0.25, 0.3) is 0 Å². The maximum atomic E-state index is 4.44. The van der Waals surface area contributed by atoms with Gasteiger partial charge in [0.1, 0.15) is 0 Å². The molecule has 4 heteroatoms. The molecule has 2 rings (SSSR count). The van der Waals surface area contributed by atoms with E-state index in [9.17, 15) is 0 Å². The number of hydrogen-bond donors (Lipinski definition) is 1. The second-order valence-corrected chi connectivity index (χ2v) is 4.49. The van der Waals surface area contributed by atoms with E-state index in [4.69, 9.17) is 0 Å². The molecular weight excluding hydrogens is 248 g/mol. The Hall–Kier alpha value is -0.610. The van der Waals surface area contributed by atoms with Crippen LogP contribution in [0.4, 0.5) is 5.13 Å². The van der Waals surface area contributed by atoms with Crippen molar-refractivity contribution in [2.45, 2.75) is 6.92 Å². The Morgan fingerprint density at radius 2 is 2.38 bits per heavy atom. The summed E-state index contributed by atoms with van der Waals surface area (Å²) in [6.45, 7) is 2.98. The third kappa shape index (κ3) is 1.69. The van der Waals surface area contributed by atoms with Gasteiger partial charge >= 0.3 is 0 Å². The Bertz CT molecular complexity index is 424. The van der Waals surface area contributed by atoms with Crippen LogP contribution in [0, 0.1) is 0 Å². The van der Waals surface area contributed by atoms with Crippen LogP contribution in [0.3, 0.4) is 0 Å². The second kappa shape index (κ2) is 3.64. The first-order valence-corrected chi connectivity index (χ1v) is 5.71. The number of rotatable bonds is 2. The quantitative estimate of drug-likeness (QED) is 0.890. The van der Waals surface area contributed by atoms with E-state index in [1.165, 1.54) is 4.70 Å². The Labute approximate surface area is 89.1 Å². The van der Waals surface area contributed by atoms with Crippen molar-refractivity contribution in [3.8, 4) is 0 Å². The summed E-state index contributed by atoms with van der Waals surface area (Å²) in [4.78, 5) is 4.44. The van der Waals surface area contributed by atoms with Gasteiger partial charge in [-0.2, -0.15) is 0 Å². The lowest BCUT2D eigenvalue weighted by Gasteiger charge is -1.92. The maximum Gasteiger partial charge on any atom is 0.183 e. The molecule has 0 unspecified atom stereocenters. The predicted molar refractivity (Wildman–Crippen MR) is 61.5 cm³/mol. The standard InChI is InChI=1S/C9H9BrN2S/c1-2-11-9-12-7-5-3-4-6(10)8(7)13-9/h3-5H,2H2,1H3,(H,11,12). The number of fused-ring (bicyclic) bond motifs is 1. The van der Waals surface area contributed by atoms with Crippen LogP contribution in [-0.4, -0.2) is 11.5 Å². The minimum atomic E-state index is 0.914. The monoisotopic (exact) mass is 256 g/mol. The van der Waals surface area contributed by atoms with Crippen LogP contribution in [0.25, 0.3) is 10.2 Å². The molecule has 0 bridgehead atoms. The van der Waals surface area contributed by atoms with Gasteiger partial charge in [-0.15, -0.1) is 0 Å². The van der Waals surface area contributed by atoms with E-state index in [1.807, 2.05) is 18.2 Å². The minimum Gasteiger partial charge on any atom is -0.362 e. The predicted octanol–water partition coefficient (Wildman–Crippen LogP) is 3.49. The maximum absolute atomic E-state index is 4.44. The van der Waals surface area contributed by atoms with E-state index in [1.54, 1.807) is 11.3 Å². The molecule has 1 N–H and O–H groups in total. The van der Waals surface area contributed by atoms with Crippen molar-refractivity contribution in [2.75, 3.05) is 11.9 Å². The lowest BCUT2D eigenvalue weighted by Crippen LogP contribution is -1.94. The molecule has 0 aliphatic carbocycles. The van der Waals surface area contributed by atoms with Gasteiger partial charge < -0.3 is 5.32 Å². The molecule has 0 radical (unpaired) electrons. The zero-order valence-electron chi connectivity index (χ0n) is 7.17. The molecule has 0 aliphatic heterocycles. The van der Waals surface area contributed by atoms with Crippen LogP contribution in [0.5, 0.6) is 0 Å². The minimum absolute atomic E-state index is 0.914. The number of hydrogen-bond acceptors (Lipinski definition) is 3. The van der Waals surface area contributed by atoms with Crippen molar-refractivity contribution in [1.82, 2.24) is 4.98 Å². The Balaban J connectivity index is 2.55. The van der Waals surface area contributed by atoms with Gasteiger partial charge in [-0.05, 0) is 35.0 Å². The Kier molecular flexibility index (Phi) is 2.51. The molecule has 0 atom stereocenters. The molecular formula is C9H9BrN2S. The van der Waals surface area contributed by atoms with Crippen LogP contribution in [0.2, 0.25) is 0 Å². The molecule has 0 saturated heterocycles. The van der Waals surface area contributed by atoms with Crippen LogP contribution in [-0.2, 0) is 0 Å². The van der Waals surface area contributed by atoms with E-state index < -0.39 is 0 Å². The van der Waals surface area contributed by atoms with Crippen LogP contribution >= 0.6 is 27.3 Å². The summed E-state index contributed by atoms with van der Waals surface area (Å²) < 4.78 is 2.32. The van der Waals surface area contributed by atoms with Crippen molar-refractivity contribution in [2.24, 2.45) is 0 Å². The summed E-state index contributed by atoms with van der Waals surface area (Å²) in [5.41, 5.74) is 1.05. The van der Waals surface area contributed by atoms with Gasteiger partial charge in [0.2, 0.25) is 0 Å². The number of nitrogens with one attached hydrogen (secondary N) is 1. The fraction of sp³-hybridized carbons (Fsp3) is 0.222. The highest BCUT2D eigenvalue weighted by Crippen LogP contribution is 2.31. The number of thiazole rings is 1. The van der Waals surface area contributed by atoms with Crippen molar-refractivity contribution < 1.29 is 0 Å². The van der Waals surface area contributed by atoms with Gasteiger partial charge in [-0.1, -0.05) is 17.4 Å². The summed E-state index contributed by atoms with van der Waals surface area (Å²) in [5.74, 6) is 0. The number of nitrogens with zero attached hydrogens (tertiary/aromatic N) is 1. The Morgan fingerprint density at radius 1 is 1.54 bits per heavy atom. The molecule has 0 spiro atoms. The highest BCUT2D eigenvalue weighted by Gasteiger charge is 2.04. The summed E-state index contributed by atoms with van der Waals surface area (Å²) in [7, 11) is 0. The first-order valence-electron chi connectivity index (χ1n) is 4.10. The lowest BCUT2D eigenvalue weighted by atomic mass is 10.3.